The molecule has 0 saturated carbocycles. The summed E-state index contributed by atoms with van der Waals surface area (Å²) >= 11 is 0. The van der Waals surface area contributed by atoms with Crippen molar-refractivity contribution in [2.75, 3.05) is 45.1 Å². The van der Waals surface area contributed by atoms with Gasteiger partial charge in [0.25, 0.3) is 11.8 Å². The lowest BCUT2D eigenvalue weighted by Gasteiger charge is -2.35. The molecule has 26 heavy (non-hydrogen) atoms. The minimum Gasteiger partial charge on any atom is -0.364 e. The maximum absolute atomic E-state index is 12.7. The van der Waals surface area contributed by atoms with Crippen LogP contribution in [0.1, 0.15) is 19.4 Å². The summed E-state index contributed by atoms with van der Waals surface area (Å²) in [4.78, 5) is 42.1. The summed E-state index contributed by atoms with van der Waals surface area (Å²) in [5.74, 6) is -0.686. The van der Waals surface area contributed by atoms with E-state index in [2.05, 4.69) is 17.1 Å². The molecule has 138 valence electrons. The molecule has 3 rings (SSSR count). The van der Waals surface area contributed by atoms with Gasteiger partial charge in [-0.1, -0.05) is 19.1 Å². The van der Waals surface area contributed by atoms with E-state index in [9.17, 15) is 14.4 Å². The summed E-state index contributed by atoms with van der Waals surface area (Å²) in [6, 6.07) is 7.03. The van der Waals surface area contributed by atoms with Crippen molar-refractivity contribution in [3.8, 4) is 0 Å². The second-order valence-corrected chi connectivity index (χ2v) is 6.57. The topological polar surface area (TPSA) is 73.0 Å². The van der Waals surface area contributed by atoms with Crippen LogP contribution in [0.15, 0.2) is 30.0 Å². The zero-order chi connectivity index (χ0) is 18.8. The Labute approximate surface area is 153 Å². The van der Waals surface area contributed by atoms with E-state index in [0.717, 1.165) is 32.7 Å². The minimum atomic E-state index is -0.282. The van der Waals surface area contributed by atoms with Gasteiger partial charge < -0.3 is 15.1 Å². The van der Waals surface area contributed by atoms with Gasteiger partial charge in [0.15, 0.2) is 0 Å². The largest absolute Gasteiger partial charge is 0.364 e. The molecule has 1 saturated heterocycles. The third kappa shape index (κ3) is 3.35. The van der Waals surface area contributed by atoms with Gasteiger partial charge in [0.1, 0.15) is 5.70 Å². The van der Waals surface area contributed by atoms with Crippen LogP contribution in [0.5, 0.6) is 0 Å². The molecule has 0 unspecified atom stereocenters. The van der Waals surface area contributed by atoms with Gasteiger partial charge in [0, 0.05) is 45.8 Å². The van der Waals surface area contributed by atoms with Crippen LogP contribution in [0.3, 0.4) is 0 Å². The van der Waals surface area contributed by atoms with Crippen LogP contribution in [0.4, 0.5) is 5.69 Å². The normalized spacial score (nSPS) is 18.7. The molecule has 1 N–H and O–H groups in total. The fraction of sp³-hybridized carbons (Fsp3) is 0.421. The third-order valence-corrected chi connectivity index (χ3v) is 4.89. The monoisotopic (exact) mass is 356 g/mol. The molecule has 0 bridgehead atoms. The molecular weight excluding hydrogens is 332 g/mol. The molecule has 0 aliphatic carbocycles. The van der Waals surface area contributed by atoms with E-state index in [1.54, 1.807) is 24.3 Å². The molecule has 1 fully saturated rings. The van der Waals surface area contributed by atoms with Gasteiger partial charge in [0.2, 0.25) is 5.91 Å². The number of nitrogens with zero attached hydrogens (tertiary/aromatic N) is 3. The number of anilines is 1. The highest BCUT2D eigenvalue weighted by molar-refractivity contribution is 6.35. The van der Waals surface area contributed by atoms with Gasteiger partial charge in [-0.3, -0.25) is 19.3 Å². The van der Waals surface area contributed by atoms with Crippen LogP contribution in [0.25, 0.3) is 5.57 Å². The quantitative estimate of drug-likeness (QED) is 0.815. The average molecular weight is 356 g/mol. The maximum Gasteiger partial charge on any atom is 0.277 e. The minimum absolute atomic E-state index is 0.154. The molecule has 7 nitrogen and oxygen atoms in total. The molecule has 2 heterocycles. The number of nitrogens with one attached hydrogen (secondary N) is 1. The Hall–Kier alpha value is -2.67. The molecule has 0 aromatic heterocycles. The van der Waals surface area contributed by atoms with Crippen LogP contribution < -0.4 is 5.32 Å². The van der Waals surface area contributed by atoms with Gasteiger partial charge >= 0.3 is 0 Å². The summed E-state index contributed by atoms with van der Waals surface area (Å²) < 4.78 is 0. The Morgan fingerprint density at radius 1 is 1.04 bits per heavy atom. The van der Waals surface area contributed by atoms with Crippen LogP contribution in [-0.4, -0.2) is 72.2 Å². The number of carbonyl (C=O) groups is 3. The lowest BCUT2D eigenvalue weighted by molar-refractivity contribution is -0.136. The molecular formula is C19H24N4O3. The zero-order valence-electron chi connectivity index (χ0n) is 15.4. The van der Waals surface area contributed by atoms with E-state index in [-0.39, 0.29) is 17.7 Å². The van der Waals surface area contributed by atoms with Crippen molar-refractivity contribution in [1.29, 1.82) is 0 Å². The van der Waals surface area contributed by atoms with Crippen molar-refractivity contribution >= 4 is 29.0 Å². The van der Waals surface area contributed by atoms with E-state index >= 15 is 0 Å². The van der Waals surface area contributed by atoms with Crippen LogP contribution >= 0.6 is 0 Å². The van der Waals surface area contributed by atoms with Crippen molar-refractivity contribution in [2.45, 2.75) is 13.8 Å². The van der Waals surface area contributed by atoms with E-state index in [0.29, 0.717) is 22.5 Å². The van der Waals surface area contributed by atoms with Gasteiger partial charge in [-0.2, -0.15) is 0 Å². The number of piperazine rings is 1. The second-order valence-electron chi connectivity index (χ2n) is 6.57. The van der Waals surface area contributed by atoms with Crippen molar-refractivity contribution < 1.29 is 14.4 Å². The second kappa shape index (κ2) is 7.29. The Bertz CT molecular complexity index is 761. The molecule has 3 amide bonds. The van der Waals surface area contributed by atoms with E-state index in [1.807, 2.05) is 4.90 Å². The van der Waals surface area contributed by atoms with Crippen molar-refractivity contribution in [3.05, 3.63) is 35.5 Å². The number of likely N-dealkylation sites (N-methyl/N-ethyl adjacent to an activating group) is 2. The SMILES string of the molecule is CCN1CCN(C2=C(c3ccc(NC(C)=O)cc3)C(=O)N(C)C2=O)CC1. The predicted molar refractivity (Wildman–Crippen MR) is 99.1 cm³/mol. The molecule has 0 radical (unpaired) electrons. The highest BCUT2D eigenvalue weighted by Crippen LogP contribution is 2.31. The molecule has 2 aliphatic heterocycles. The Balaban J connectivity index is 1.94. The predicted octanol–water partition coefficient (Wildman–Crippen LogP) is 0.992. The number of amides is 3. The highest BCUT2D eigenvalue weighted by Gasteiger charge is 2.40. The fourth-order valence-electron chi connectivity index (χ4n) is 3.39. The van der Waals surface area contributed by atoms with Gasteiger partial charge in [-0.05, 0) is 24.2 Å². The van der Waals surface area contributed by atoms with Crippen molar-refractivity contribution in [3.63, 3.8) is 0 Å². The van der Waals surface area contributed by atoms with Crippen LogP contribution in [0.2, 0.25) is 0 Å². The summed E-state index contributed by atoms with van der Waals surface area (Å²) in [7, 11) is 1.52. The first-order valence-corrected chi connectivity index (χ1v) is 8.84. The molecule has 7 heteroatoms. The number of benzene rings is 1. The number of hydrogen-bond acceptors (Lipinski definition) is 5. The first-order chi connectivity index (χ1) is 12.4. The summed E-state index contributed by atoms with van der Waals surface area (Å²) in [5.41, 5.74) is 2.28. The van der Waals surface area contributed by atoms with E-state index in [1.165, 1.54) is 18.9 Å². The zero-order valence-corrected chi connectivity index (χ0v) is 15.4. The van der Waals surface area contributed by atoms with Gasteiger partial charge in [-0.15, -0.1) is 0 Å². The first-order valence-electron chi connectivity index (χ1n) is 8.84. The lowest BCUT2D eigenvalue weighted by atomic mass is 10.0. The lowest BCUT2D eigenvalue weighted by Crippen LogP contribution is -2.47. The number of imide groups is 1. The van der Waals surface area contributed by atoms with Crippen molar-refractivity contribution in [2.24, 2.45) is 0 Å². The average Bonchev–Trinajstić information content (AvgIpc) is 2.86. The molecule has 1 aromatic rings. The smallest absolute Gasteiger partial charge is 0.277 e. The van der Waals surface area contributed by atoms with Crippen molar-refractivity contribution in [1.82, 2.24) is 14.7 Å². The number of hydrogen-bond donors (Lipinski definition) is 1. The van der Waals surface area contributed by atoms with E-state index < -0.39 is 0 Å². The van der Waals surface area contributed by atoms with Gasteiger partial charge in [-0.25, -0.2) is 0 Å². The Morgan fingerprint density at radius 3 is 2.19 bits per heavy atom. The molecule has 2 aliphatic rings. The standard InChI is InChI=1S/C19H24N4O3/c1-4-22-9-11-23(12-10-22)17-16(18(25)21(3)19(17)26)14-5-7-15(8-6-14)20-13(2)24/h5-8H,4,9-12H2,1-3H3,(H,20,24). The Kier molecular flexibility index (Phi) is 5.08. The first kappa shape index (κ1) is 18.1. The Morgan fingerprint density at radius 2 is 1.65 bits per heavy atom. The highest BCUT2D eigenvalue weighted by atomic mass is 16.2. The fourth-order valence-corrected chi connectivity index (χ4v) is 3.39. The molecule has 0 atom stereocenters. The van der Waals surface area contributed by atoms with E-state index in [4.69, 9.17) is 0 Å². The summed E-state index contributed by atoms with van der Waals surface area (Å²) in [6.45, 7) is 7.75. The third-order valence-electron chi connectivity index (χ3n) is 4.89. The molecule has 1 aromatic carbocycles. The summed E-state index contributed by atoms with van der Waals surface area (Å²) in [5, 5.41) is 2.70. The number of carbonyl (C=O) groups excluding carboxylic acids is 3. The van der Waals surface area contributed by atoms with Gasteiger partial charge in [0.05, 0.1) is 5.57 Å². The maximum atomic E-state index is 12.7. The molecule has 0 spiro atoms. The van der Waals surface area contributed by atoms with Crippen LogP contribution in [0, 0.1) is 0 Å². The van der Waals surface area contributed by atoms with Crippen LogP contribution in [-0.2, 0) is 14.4 Å². The number of rotatable bonds is 4. The summed E-state index contributed by atoms with van der Waals surface area (Å²) in [6.07, 6.45) is 0.